The van der Waals surface area contributed by atoms with Gasteiger partial charge >= 0.3 is 6.18 Å². The third kappa shape index (κ3) is 3.71. The maximum Gasteiger partial charge on any atom is 0.416 e. The van der Waals surface area contributed by atoms with Gasteiger partial charge in [-0.2, -0.15) is 13.2 Å². The highest BCUT2D eigenvalue weighted by molar-refractivity contribution is 5.39. The molecule has 23 heavy (non-hydrogen) atoms. The summed E-state index contributed by atoms with van der Waals surface area (Å²) in [5.74, 6) is 0. The Labute approximate surface area is 131 Å². The number of hydrogen-bond acceptors (Lipinski definition) is 2. The SMILES string of the molecule is FC(F)(F)c1ccc(CCNCc2cnc3ccccn23)cc1. The van der Waals surface area contributed by atoms with Gasteiger partial charge in [0.2, 0.25) is 0 Å². The maximum atomic E-state index is 12.5. The Bertz CT molecular complexity index is 776. The van der Waals surface area contributed by atoms with Gasteiger partial charge in [0.25, 0.3) is 0 Å². The lowest BCUT2D eigenvalue weighted by molar-refractivity contribution is -0.137. The van der Waals surface area contributed by atoms with Crippen LogP contribution in [0.1, 0.15) is 16.8 Å². The van der Waals surface area contributed by atoms with Crippen LogP contribution in [0.15, 0.2) is 54.9 Å². The van der Waals surface area contributed by atoms with E-state index in [1.165, 1.54) is 12.1 Å². The molecule has 1 N–H and O–H groups in total. The zero-order valence-electron chi connectivity index (χ0n) is 12.3. The van der Waals surface area contributed by atoms with E-state index in [1.807, 2.05) is 35.0 Å². The van der Waals surface area contributed by atoms with E-state index in [4.69, 9.17) is 0 Å². The van der Waals surface area contributed by atoms with Gasteiger partial charge in [0, 0.05) is 12.7 Å². The lowest BCUT2D eigenvalue weighted by Crippen LogP contribution is -2.17. The number of imidazole rings is 1. The first-order valence-corrected chi connectivity index (χ1v) is 7.32. The van der Waals surface area contributed by atoms with Gasteiger partial charge in [-0.1, -0.05) is 18.2 Å². The molecule has 3 nitrogen and oxygen atoms in total. The second kappa shape index (κ2) is 6.42. The molecule has 0 aliphatic rings. The van der Waals surface area contributed by atoms with E-state index in [0.29, 0.717) is 19.5 Å². The van der Waals surface area contributed by atoms with E-state index < -0.39 is 11.7 Å². The van der Waals surface area contributed by atoms with Gasteiger partial charge in [0.15, 0.2) is 0 Å². The number of hydrogen-bond donors (Lipinski definition) is 1. The van der Waals surface area contributed by atoms with Gasteiger partial charge in [0.05, 0.1) is 17.5 Å². The molecule has 0 saturated heterocycles. The van der Waals surface area contributed by atoms with E-state index >= 15 is 0 Å². The number of aromatic nitrogens is 2. The van der Waals surface area contributed by atoms with Gasteiger partial charge in [-0.3, -0.25) is 0 Å². The zero-order valence-corrected chi connectivity index (χ0v) is 12.3. The summed E-state index contributed by atoms with van der Waals surface area (Å²) in [6.45, 7) is 1.34. The van der Waals surface area contributed by atoms with E-state index in [1.54, 1.807) is 0 Å². The third-order valence-corrected chi connectivity index (χ3v) is 3.67. The molecule has 0 aliphatic carbocycles. The number of rotatable bonds is 5. The molecule has 0 spiro atoms. The van der Waals surface area contributed by atoms with Crippen molar-refractivity contribution in [3.63, 3.8) is 0 Å². The smallest absolute Gasteiger partial charge is 0.311 e. The molecule has 2 aromatic heterocycles. The Morgan fingerprint density at radius 3 is 2.57 bits per heavy atom. The predicted octanol–water partition coefficient (Wildman–Crippen LogP) is 3.69. The van der Waals surface area contributed by atoms with Crippen molar-refractivity contribution in [2.75, 3.05) is 6.54 Å². The van der Waals surface area contributed by atoms with Crippen LogP contribution in [0.3, 0.4) is 0 Å². The van der Waals surface area contributed by atoms with Crippen LogP contribution >= 0.6 is 0 Å². The highest BCUT2D eigenvalue weighted by Crippen LogP contribution is 2.29. The molecule has 0 radical (unpaired) electrons. The minimum absolute atomic E-state index is 0.611. The van der Waals surface area contributed by atoms with Crippen molar-refractivity contribution in [2.24, 2.45) is 0 Å². The fourth-order valence-corrected chi connectivity index (χ4v) is 2.43. The minimum Gasteiger partial charge on any atom is -0.311 e. The average molecular weight is 319 g/mol. The number of alkyl halides is 3. The summed E-state index contributed by atoms with van der Waals surface area (Å²) < 4.78 is 39.5. The fourth-order valence-electron chi connectivity index (χ4n) is 2.43. The summed E-state index contributed by atoms with van der Waals surface area (Å²) in [6, 6.07) is 11.1. The molecule has 120 valence electrons. The molecule has 0 atom stereocenters. The first kappa shape index (κ1) is 15.6. The van der Waals surface area contributed by atoms with Crippen LogP contribution in [0, 0.1) is 0 Å². The van der Waals surface area contributed by atoms with Gasteiger partial charge in [-0.25, -0.2) is 4.98 Å². The topological polar surface area (TPSA) is 29.3 Å². The van der Waals surface area contributed by atoms with E-state index in [0.717, 1.165) is 29.0 Å². The minimum atomic E-state index is -4.28. The molecule has 6 heteroatoms. The van der Waals surface area contributed by atoms with Crippen molar-refractivity contribution in [1.82, 2.24) is 14.7 Å². The predicted molar refractivity (Wildman–Crippen MR) is 82.0 cm³/mol. The summed E-state index contributed by atoms with van der Waals surface area (Å²) in [4.78, 5) is 4.30. The standard InChI is InChI=1S/C17H16F3N3/c18-17(19,20)14-6-4-13(5-7-14)8-9-21-11-15-12-22-16-3-1-2-10-23(15)16/h1-7,10,12,21H,8-9,11H2. The quantitative estimate of drug-likeness (QED) is 0.727. The third-order valence-electron chi connectivity index (χ3n) is 3.67. The first-order chi connectivity index (χ1) is 11.0. The second-order valence-electron chi connectivity index (χ2n) is 5.30. The number of fused-ring (bicyclic) bond motifs is 1. The van der Waals surface area contributed by atoms with Crippen molar-refractivity contribution in [3.05, 3.63) is 71.7 Å². The number of nitrogens with zero attached hydrogens (tertiary/aromatic N) is 2. The number of halogens is 3. The summed E-state index contributed by atoms with van der Waals surface area (Å²) in [6.07, 6.45) is 0.171. The summed E-state index contributed by atoms with van der Waals surface area (Å²) in [7, 11) is 0. The zero-order chi connectivity index (χ0) is 16.3. The molecule has 3 aromatic rings. The van der Waals surface area contributed by atoms with Crippen LogP contribution in [0.5, 0.6) is 0 Å². The van der Waals surface area contributed by atoms with Crippen molar-refractivity contribution in [2.45, 2.75) is 19.1 Å². The van der Waals surface area contributed by atoms with Crippen molar-refractivity contribution >= 4 is 5.65 Å². The van der Waals surface area contributed by atoms with E-state index in [2.05, 4.69) is 10.3 Å². The van der Waals surface area contributed by atoms with Crippen LogP contribution in [0.2, 0.25) is 0 Å². The Morgan fingerprint density at radius 1 is 1.04 bits per heavy atom. The molecular formula is C17H16F3N3. The monoisotopic (exact) mass is 319 g/mol. The largest absolute Gasteiger partial charge is 0.416 e. The molecule has 0 aliphatic heterocycles. The molecule has 0 amide bonds. The molecule has 0 fully saturated rings. The van der Waals surface area contributed by atoms with Crippen LogP contribution in [-0.2, 0) is 19.1 Å². The Kier molecular flexibility index (Phi) is 4.34. The van der Waals surface area contributed by atoms with Gasteiger partial charge in [-0.05, 0) is 42.8 Å². The number of pyridine rings is 1. The Hall–Kier alpha value is -2.34. The normalized spacial score (nSPS) is 12.0. The second-order valence-corrected chi connectivity index (χ2v) is 5.30. The molecule has 3 rings (SSSR count). The Morgan fingerprint density at radius 2 is 1.83 bits per heavy atom. The highest BCUT2D eigenvalue weighted by Gasteiger charge is 2.29. The van der Waals surface area contributed by atoms with Gasteiger partial charge in [0.1, 0.15) is 5.65 Å². The number of benzene rings is 1. The molecule has 1 aromatic carbocycles. The summed E-state index contributed by atoms with van der Waals surface area (Å²) in [5.41, 5.74) is 2.21. The lowest BCUT2D eigenvalue weighted by atomic mass is 10.1. The summed E-state index contributed by atoms with van der Waals surface area (Å²) in [5, 5.41) is 3.29. The van der Waals surface area contributed by atoms with Crippen molar-refractivity contribution in [1.29, 1.82) is 0 Å². The Balaban J connectivity index is 1.52. The van der Waals surface area contributed by atoms with E-state index in [9.17, 15) is 13.2 Å². The van der Waals surface area contributed by atoms with E-state index in [-0.39, 0.29) is 0 Å². The fraction of sp³-hybridized carbons (Fsp3) is 0.235. The highest BCUT2D eigenvalue weighted by atomic mass is 19.4. The van der Waals surface area contributed by atoms with Crippen LogP contribution in [0.25, 0.3) is 5.65 Å². The molecule has 0 saturated carbocycles. The number of nitrogens with one attached hydrogen (secondary N) is 1. The van der Waals surface area contributed by atoms with Gasteiger partial charge < -0.3 is 9.72 Å². The van der Waals surface area contributed by atoms with Crippen LogP contribution < -0.4 is 5.32 Å². The molecule has 0 unspecified atom stereocenters. The average Bonchev–Trinajstić information content (AvgIpc) is 2.94. The van der Waals surface area contributed by atoms with Crippen molar-refractivity contribution < 1.29 is 13.2 Å². The summed E-state index contributed by atoms with van der Waals surface area (Å²) >= 11 is 0. The van der Waals surface area contributed by atoms with Crippen molar-refractivity contribution in [3.8, 4) is 0 Å². The maximum absolute atomic E-state index is 12.5. The van der Waals surface area contributed by atoms with Gasteiger partial charge in [-0.15, -0.1) is 0 Å². The molecule has 2 heterocycles. The molecular weight excluding hydrogens is 303 g/mol. The first-order valence-electron chi connectivity index (χ1n) is 7.32. The van der Waals surface area contributed by atoms with Crippen LogP contribution in [-0.4, -0.2) is 15.9 Å². The lowest BCUT2D eigenvalue weighted by Gasteiger charge is -2.08. The van der Waals surface area contributed by atoms with Crippen LogP contribution in [0.4, 0.5) is 13.2 Å². The molecule has 0 bridgehead atoms.